The van der Waals surface area contributed by atoms with Gasteiger partial charge in [-0.25, -0.2) is 8.42 Å². The van der Waals surface area contributed by atoms with Crippen molar-refractivity contribution >= 4 is 21.6 Å². The van der Waals surface area contributed by atoms with Crippen molar-refractivity contribution in [3.8, 4) is 6.07 Å². The van der Waals surface area contributed by atoms with Crippen LogP contribution in [0.2, 0.25) is 5.02 Å². The van der Waals surface area contributed by atoms with E-state index in [0.29, 0.717) is 5.92 Å². The van der Waals surface area contributed by atoms with E-state index in [-0.39, 0.29) is 21.5 Å². The monoisotopic (exact) mass is 314 g/mol. The Kier molecular flexibility index (Phi) is 5.58. The number of halogens is 1. The summed E-state index contributed by atoms with van der Waals surface area (Å²) >= 11 is 5.98. The van der Waals surface area contributed by atoms with Gasteiger partial charge in [0.25, 0.3) is 0 Å². The Morgan fingerprint density at radius 3 is 2.45 bits per heavy atom. The van der Waals surface area contributed by atoms with Gasteiger partial charge in [0.2, 0.25) is 10.0 Å². The van der Waals surface area contributed by atoms with Crippen molar-refractivity contribution in [2.75, 3.05) is 7.05 Å². The van der Waals surface area contributed by atoms with Gasteiger partial charge < -0.3 is 0 Å². The maximum absolute atomic E-state index is 12.6. The molecular weight excluding hydrogens is 296 g/mol. The topological polar surface area (TPSA) is 61.2 Å². The first kappa shape index (κ1) is 17.0. The number of sulfonamides is 1. The molecule has 0 aromatic heterocycles. The first-order valence-electron chi connectivity index (χ1n) is 6.37. The van der Waals surface area contributed by atoms with Gasteiger partial charge in [0.1, 0.15) is 4.90 Å². The highest BCUT2D eigenvalue weighted by atomic mass is 35.5. The van der Waals surface area contributed by atoms with E-state index in [1.54, 1.807) is 0 Å². The van der Waals surface area contributed by atoms with E-state index in [4.69, 9.17) is 16.9 Å². The lowest BCUT2D eigenvalue weighted by molar-refractivity contribution is 0.338. The molecule has 0 aliphatic heterocycles. The lowest BCUT2D eigenvalue weighted by Gasteiger charge is -2.26. The molecular formula is C14H19ClN2O2S. The molecule has 1 aromatic rings. The maximum atomic E-state index is 12.6. The van der Waals surface area contributed by atoms with Crippen LogP contribution in [0.4, 0.5) is 0 Å². The largest absolute Gasteiger partial charge is 0.244 e. The summed E-state index contributed by atoms with van der Waals surface area (Å²) in [6.45, 7) is 5.94. The second kappa shape index (κ2) is 6.57. The Bertz CT molecular complexity index is 621. The van der Waals surface area contributed by atoms with E-state index in [2.05, 4.69) is 0 Å². The van der Waals surface area contributed by atoms with Gasteiger partial charge in [-0.3, -0.25) is 0 Å². The van der Waals surface area contributed by atoms with Crippen molar-refractivity contribution in [2.24, 2.45) is 5.92 Å². The van der Waals surface area contributed by atoms with Gasteiger partial charge in [0.05, 0.1) is 16.7 Å². The molecule has 1 aromatic carbocycles. The fraction of sp³-hybridized carbons (Fsp3) is 0.500. The van der Waals surface area contributed by atoms with E-state index in [1.165, 1.54) is 29.6 Å². The molecule has 0 amide bonds. The minimum atomic E-state index is -3.70. The summed E-state index contributed by atoms with van der Waals surface area (Å²) in [7, 11) is -2.16. The predicted octanol–water partition coefficient (Wildman–Crippen LogP) is 3.27. The summed E-state index contributed by atoms with van der Waals surface area (Å²) in [5.41, 5.74) is 0.276. The predicted molar refractivity (Wildman–Crippen MR) is 80.0 cm³/mol. The second-order valence-electron chi connectivity index (χ2n) is 5.26. The maximum Gasteiger partial charge on any atom is 0.244 e. The lowest BCUT2D eigenvalue weighted by atomic mass is 10.1. The molecule has 0 radical (unpaired) electrons. The summed E-state index contributed by atoms with van der Waals surface area (Å²) in [6.07, 6.45) is 0.755. The third-order valence-electron chi connectivity index (χ3n) is 3.15. The molecule has 0 spiro atoms. The molecule has 0 aliphatic carbocycles. The van der Waals surface area contributed by atoms with Gasteiger partial charge in [-0.15, -0.1) is 0 Å². The Labute approximate surface area is 126 Å². The van der Waals surface area contributed by atoms with Gasteiger partial charge >= 0.3 is 0 Å². The first-order chi connectivity index (χ1) is 9.20. The summed E-state index contributed by atoms with van der Waals surface area (Å²) in [5.74, 6) is 0.392. The van der Waals surface area contributed by atoms with Crippen molar-refractivity contribution in [2.45, 2.75) is 38.1 Å². The molecule has 0 heterocycles. The molecule has 20 heavy (non-hydrogen) atoms. The zero-order valence-electron chi connectivity index (χ0n) is 12.1. The highest BCUT2D eigenvalue weighted by molar-refractivity contribution is 7.89. The quantitative estimate of drug-likeness (QED) is 0.838. The van der Waals surface area contributed by atoms with Crippen molar-refractivity contribution in [3.05, 3.63) is 28.8 Å². The Hall–Kier alpha value is -1.09. The van der Waals surface area contributed by atoms with Crippen LogP contribution < -0.4 is 0 Å². The fourth-order valence-electron chi connectivity index (χ4n) is 1.99. The second-order valence-corrected chi connectivity index (χ2v) is 7.63. The molecule has 0 fully saturated rings. The molecule has 0 saturated heterocycles. The number of hydrogen-bond donors (Lipinski definition) is 0. The zero-order valence-corrected chi connectivity index (χ0v) is 13.7. The minimum Gasteiger partial charge on any atom is -0.207 e. The lowest BCUT2D eigenvalue weighted by Crippen LogP contribution is -2.36. The van der Waals surface area contributed by atoms with Gasteiger partial charge in [-0.1, -0.05) is 25.4 Å². The van der Waals surface area contributed by atoms with Gasteiger partial charge in [-0.2, -0.15) is 9.57 Å². The summed E-state index contributed by atoms with van der Waals surface area (Å²) in [6, 6.07) is 6.04. The average molecular weight is 315 g/mol. The van der Waals surface area contributed by atoms with Crippen LogP contribution in [-0.2, 0) is 10.0 Å². The molecule has 1 rings (SSSR count). The van der Waals surface area contributed by atoms with Crippen LogP contribution in [0.1, 0.15) is 32.8 Å². The van der Waals surface area contributed by atoms with Gasteiger partial charge in [0, 0.05) is 13.1 Å². The number of nitriles is 1. The standard InChI is InChI=1S/C14H19ClN2O2S/c1-10(2)7-11(3)17(4)20(18,19)14-8-12(9-16)5-6-13(14)15/h5-6,8,10-11H,7H2,1-4H3. The van der Waals surface area contributed by atoms with Crippen molar-refractivity contribution in [3.63, 3.8) is 0 Å². The van der Waals surface area contributed by atoms with Crippen LogP contribution in [0.5, 0.6) is 0 Å². The van der Waals surface area contributed by atoms with Crippen LogP contribution in [-0.4, -0.2) is 25.8 Å². The van der Waals surface area contributed by atoms with E-state index >= 15 is 0 Å². The van der Waals surface area contributed by atoms with Crippen LogP contribution in [0, 0.1) is 17.2 Å². The molecule has 0 saturated carbocycles. The average Bonchev–Trinajstić information content (AvgIpc) is 2.37. The zero-order chi connectivity index (χ0) is 15.5. The molecule has 0 N–H and O–H groups in total. The minimum absolute atomic E-state index is 0.0173. The Balaban J connectivity index is 3.20. The molecule has 0 aliphatic rings. The van der Waals surface area contributed by atoms with Gasteiger partial charge in [-0.05, 0) is 37.5 Å². The number of rotatable bonds is 5. The Morgan fingerprint density at radius 1 is 1.35 bits per heavy atom. The molecule has 6 heteroatoms. The van der Waals surface area contributed by atoms with Crippen LogP contribution >= 0.6 is 11.6 Å². The fourth-order valence-corrected chi connectivity index (χ4v) is 3.86. The van der Waals surface area contributed by atoms with E-state index in [1.807, 2.05) is 26.8 Å². The van der Waals surface area contributed by atoms with Crippen molar-refractivity contribution < 1.29 is 8.42 Å². The number of nitrogens with zero attached hydrogens (tertiary/aromatic N) is 2. The van der Waals surface area contributed by atoms with E-state index in [9.17, 15) is 8.42 Å². The van der Waals surface area contributed by atoms with Crippen LogP contribution in [0.15, 0.2) is 23.1 Å². The van der Waals surface area contributed by atoms with Gasteiger partial charge in [0.15, 0.2) is 0 Å². The molecule has 1 unspecified atom stereocenters. The highest BCUT2D eigenvalue weighted by Gasteiger charge is 2.28. The van der Waals surface area contributed by atoms with E-state index in [0.717, 1.165) is 6.42 Å². The molecule has 110 valence electrons. The Morgan fingerprint density at radius 2 is 1.95 bits per heavy atom. The summed E-state index contributed by atoms with van der Waals surface area (Å²) in [5, 5.41) is 9.02. The van der Waals surface area contributed by atoms with Crippen molar-refractivity contribution in [1.29, 1.82) is 5.26 Å². The number of hydrogen-bond acceptors (Lipinski definition) is 3. The first-order valence-corrected chi connectivity index (χ1v) is 8.19. The normalized spacial score (nSPS) is 13.5. The summed E-state index contributed by atoms with van der Waals surface area (Å²) < 4.78 is 26.5. The van der Waals surface area contributed by atoms with Crippen molar-refractivity contribution in [1.82, 2.24) is 4.31 Å². The third kappa shape index (κ3) is 3.72. The smallest absolute Gasteiger partial charge is 0.207 e. The molecule has 0 bridgehead atoms. The molecule has 1 atom stereocenters. The number of benzene rings is 1. The van der Waals surface area contributed by atoms with Crippen LogP contribution in [0.25, 0.3) is 0 Å². The molecule has 4 nitrogen and oxygen atoms in total. The SMILES string of the molecule is CC(C)CC(C)N(C)S(=O)(=O)c1cc(C#N)ccc1Cl. The highest BCUT2D eigenvalue weighted by Crippen LogP contribution is 2.27. The van der Waals surface area contributed by atoms with Crippen LogP contribution in [0.3, 0.4) is 0 Å². The van der Waals surface area contributed by atoms with E-state index < -0.39 is 10.0 Å². The summed E-state index contributed by atoms with van der Waals surface area (Å²) in [4.78, 5) is -0.0173. The third-order valence-corrected chi connectivity index (χ3v) is 5.60.